The van der Waals surface area contributed by atoms with Crippen molar-refractivity contribution in [2.24, 2.45) is 0 Å². The monoisotopic (exact) mass is 331 g/mol. The Bertz CT molecular complexity index is 683. The van der Waals surface area contributed by atoms with Crippen LogP contribution in [0.4, 0.5) is 5.69 Å². The first kappa shape index (κ1) is 17.0. The maximum absolute atomic E-state index is 11.8. The van der Waals surface area contributed by atoms with Gasteiger partial charge in [-0.1, -0.05) is 29.8 Å². The van der Waals surface area contributed by atoms with E-state index in [1.54, 1.807) is 43.3 Å². The molecule has 5 heteroatoms. The van der Waals surface area contributed by atoms with E-state index in [-0.39, 0.29) is 18.3 Å². The molecule has 0 heterocycles. The van der Waals surface area contributed by atoms with Gasteiger partial charge in [0.05, 0.1) is 0 Å². The Labute approximate surface area is 140 Å². The summed E-state index contributed by atoms with van der Waals surface area (Å²) in [6.45, 7) is 1.50. The zero-order valence-electron chi connectivity index (χ0n) is 12.8. The van der Waals surface area contributed by atoms with E-state index in [2.05, 4.69) is 5.32 Å². The topological polar surface area (TPSA) is 55.4 Å². The van der Waals surface area contributed by atoms with Gasteiger partial charge in [-0.2, -0.15) is 0 Å². The molecule has 0 spiro atoms. The molecule has 2 aromatic carbocycles. The number of anilines is 1. The van der Waals surface area contributed by atoms with E-state index >= 15 is 0 Å². The number of amides is 1. The van der Waals surface area contributed by atoms with Crippen LogP contribution in [0.2, 0.25) is 5.02 Å². The summed E-state index contributed by atoms with van der Waals surface area (Å²) in [5.41, 5.74) is 1.70. The number of aryl methyl sites for hydroxylation is 1. The van der Waals surface area contributed by atoms with Gasteiger partial charge in [0.1, 0.15) is 11.5 Å². The third-order valence-electron chi connectivity index (χ3n) is 3.17. The summed E-state index contributed by atoms with van der Waals surface area (Å²) < 4.78 is 5.44. The van der Waals surface area contributed by atoms with Crippen molar-refractivity contribution in [3.8, 4) is 5.75 Å². The van der Waals surface area contributed by atoms with Gasteiger partial charge < -0.3 is 14.8 Å². The molecule has 23 heavy (non-hydrogen) atoms. The van der Waals surface area contributed by atoms with Gasteiger partial charge in [0.15, 0.2) is 6.61 Å². The lowest BCUT2D eigenvalue weighted by molar-refractivity contribution is -0.118. The van der Waals surface area contributed by atoms with Gasteiger partial charge in [-0.05, 0) is 49.2 Å². The number of benzene rings is 2. The lowest BCUT2D eigenvalue weighted by Crippen LogP contribution is -2.20. The van der Waals surface area contributed by atoms with Crippen molar-refractivity contribution in [2.45, 2.75) is 19.8 Å². The van der Waals surface area contributed by atoms with Crippen LogP contribution in [0.1, 0.15) is 18.9 Å². The first-order valence-electron chi connectivity index (χ1n) is 7.29. The first-order valence-corrected chi connectivity index (χ1v) is 7.67. The number of hydrogen-bond acceptors (Lipinski definition) is 3. The molecular formula is C18H18ClNO3. The molecule has 0 aliphatic rings. The summed E-state index contributed by atoms with van der Waals surface area (Å²) in [6, 6.07) is 14.3. The highest BCUT2D eigenvalue weighted by atomic mass is 35.5. The Morgan fingerprint density at radius 2 is 1.87 bits per heavy atom. The third-order valence-corrected chi connectivity index (χ3v) is 3.40. The molecule has 0 bridgehead atoms. The number of halogens is 1. The number of carbonyl (C=O) groups excluding carboxylic acids is 2. The van der Waals surface area contributed by atoms with Crippen LogP contribution in [0.5, 0.6) is 5.75 Å². The maximum Gasteiger partial charge on any atom is 0.262 e. The number of ketones is 1. The Hall–Kier alpha value is -2.33. The molecular weight excluding hydrogens is 314 g/mol. The fourth-order valence-electron chi connectivity index (χ4n) is 1.98. The summed E-state index contributed by atoms with van der Waals surface area (Å²) >= 11 is 5.86. The number of Topliss-reactive ketones (excluding diaryl/α,β-unsaturated/α-hetero) is 1. The summed E-state index contributed by atoms with van der Waals surface area (Å²) in [6.07, 6.45) is 1.24. The molecule has 0 unspecified atom stereocenters. The molecule has 0 radical (unpaired) electrons. The molecule has 2 rings (SSSR count). The van der Waals surface area contributed by atoms with E-state index in [1.165, 1.54) is 0 Å². The second kappa shape index (κ2) is 8.34. The van der Waals surface area contributed by atoms with Crippen LogP contribution in [0.25, 0.3) is 0 Å². The predicted octanol–water partition coefficient (Wildman–Crippen LogP) is 3.88. The van der Waals surface area contributed by atoms with Gasteiger partial charge in [0.25, 0.3) is 5.91 Å². The molecule has 0 aliphatic carbocycles. The van der Waals surface area contributed by atoms with Gasteiger partial charge >= 0.3 is 0 Å². The largest absolute Gasteiger partial charge is 0.484 e. The van der Waals surface area contributed by atoms with Gasteiger partial charge in [-0.15, -0.1) is 0 Å². The SMILES string of the molecule is CC(=O)CCc1ccc(OCC(=O)Nc2cccc(Cl)c2)cc1. The van der Waals surface area contributed by atoms with Crippen molar-refractivity contribution in [3.05, 3.63) is 59.1 Å². The molecule has 0 saturated heterocycles. The molecule has 0 aromatic heterocycles. The van der Waals surface area contributed by atoms with E-state index in [9.17, 15) is 9.59 Å². The molecule has 0 aliphatic heterocycles. The number of ether oxygens (including phenoxy) is 1. The number of carbonyl (C=O) groups is 2. The van der Waals surface area contributed by atoms with Gasteiger partial charge in [0.2, 0.25) is 0 Å². The van der Waals surface area contributed by atoms with Crippen LogP contribution in [-0.2, 0) is 16.0 Å². The lowest BCUT2D eigenvalue weighted by Gasteiger charge is -2.08. The average molecular weight is 332 g/mol. The van der Waals surface area contributed by atoms with Gasteiger partial charge in [-0.25, -0.2) is 0 Å². The van der Waals surface area contributed by atoms with Crippen LogP contribution in [0, 0.1) is 0 Å². The number of nitrogens with one attached hydrogen (secondary N) is 1. The van der Waals surface area contributed by atoms with Gasteiger partial charge in [-0.3, -0.25) is 4.79 Å². The van der Waals surface area contributed by atoms with Crippen molar-refractivity contribution >= 4 is 29.0 Å². The Morgan fingerprint density at radius 3 is 2.52 bits per heavy atom. The van der Waals surface area contributed by atoms with Crippen LogP contribution in [0.15, 0.2) is 48.5 Å². The van der Waals surface area contributed by atoms with E-state index in [0.29, 0.717) is 29.3 Å². The van der Waals surface area contributed by atoms with Crippen LogP contribution < -0.4 is 10.1 Å². The highest BCUT2D eigenvalue weighted by Gasteiger charge is 2.04. The molecule has 4 nitrogen and oxygen atoms in total. The Kier molecular flexibility index (Phi) is 6.18. The van der Waals surface area contributed by atoms with Crippen LogP contribution in [-0.4, -0.2) is 18.3 Å². The van der Waals surface area contributed by atoms with Crippen LogP contribution in [0.3, 0.4) is 0 Å². The maximum atomic E-state index is 11.8. The summed E-state index contributed by atoms with van der Waals surface area (Å²) in [5, 5.41) is 3.27. The van der Waals surface area contributed by atoms with Crippen molar-refractivity contribution in [1.82, 2.24) is 0 Å². The summed E-state index contributed by atoms with van der Waals surface area (Å²) in [7, 11) is 0. The quantitative estimate of drug-likeness (QED) is 0.837. The third kappa shape index (κ3) is 6.12. The smallest absolute Gasteiger partial charge is 0.262 e. The van der Waals surface area contributed by atoms with E-state index in [0.717, 1.165) is 5.56 Å². The van der Waals surface area contributed by atoms with E-state index in [4.69, 9.17) is 16.3 Å². The summed E-state index contributed by atoms with van der Waals surface area (Å²) in [5.74, 6) is 0.522. The van der Waals surface area contributed by atoms with Crippen LogP contribution >= 0.6 is 11.6 Å². The first-order chi connectivity index (χ1) is 11.0. The summed E-state index contributed by atoms with van der Waals surface area (Å²) in [4.78, 5) is 22.8. The zero-order chi connectivity index (χ0) is 16.7. The normalized spacial score (nSPS) is 10.2. The number of rotatable bonds is 7. The second-order valence-electron chi connectivity index (χ2n) is 5.19. The molecule has 0 fully saturated rings. The lowest BCUT2D eigenvalue weighted by atomic mass is 10.1. The van der Waals surface area contributed by atoms with Gasteiger partial charge in [0, 0.05) is 17.1 Å². The highest BCUT2D eigenvalue weighted by molar-refractivity contribution is 6.30. The van der Waals surface area contributed by atoms with Crippen molar-refractivity contribution in [3.63, 3.8) is 0 Å². The molecule has 1 amide bonds. The minimum absolute atomic E-state index is 0.0840. The molecule has 2 aromatic rings. The molecule has 0 saturated carbocycles. The van der Waals surface area contributed by atoms with Crippen molar-refractivity contribution in [2.75, 3.05) is 11.9 Å². The Balaban J connectivity index is 1.81. The van der Waals surface area contributed by atoms with Crippen molar-refractivity contribution < 1.29 is 14.3 Å². The molecule has 1 N–H and O–H groups in total. The molecule has 120 valence electrons. The zero-order valence-corrected chi connectivity index (χ0v) is 13.6. The number of hydrogen-bond donors (Lipinski definition) is 1. The average Bonchev–Trinajstić information content (AvgIpc) is 2.52. The second-order valence-corrected chi connectivity index (χ2v) is 5.63. The predicted molar refractivity (Wildman–Crippen MR) is 91.0 cm³/mol. The highest BCUT2D eigenvalue weighted by Crippen LogP contribution is 2.16. The van der Waals surface area contributed by atoms with Crippen molar-refractivity contribution in [1.29, 1.82) is 0 Å². The fraction of sp³-hybridized carbons (Fsp3) is 0.222. The minimum Gasteiger partial charge on any atom is -0.484 e. The standard InChI is InChI=1S/C18H18ClNO3/c1-13(21)5-6-14-7-9-17(10-8-14)23-12-18(22)20-16-4-2-3-15(19)11-16/h2-4,7-11H,5-6,12H2,1H3,(H,20,22). The van der Waals surface area contributed by atoms with E-state index in [1.807, 2.05) is 12.1 Å². The fourth-order valence-corrected chi connectivity index (χ4v) is 2.18. The molecule has 0 atom stereocenters. The Morgan fingerprint density at radius 1 is 1.13 bits per heavy atom. The van der Waals surface area contributed by atoms with E-state index < -0.39 is 0 Å². The minimum atomic E-state index is -0.257.